The van der Waals surface area contributed by atoms with Gasteiger partial charge in [-0.15, -0.1) is 0 Å². The van der Waals surface area contributed by atoms with Crippen LogP contribution in [0.15, 0.2) is 24.3 Å². The Kier molecular flexibility index (Phi) is 4.78. The molecule has 1 unspecified atom stereocenters. The molecule has 1 saturated carbocycles. The molecule has 0 heterocycles. The van der Waals surface area contributed by atoms with E-state index in [0.717, 1.165) is 5.92 Å². The Morgan fingerprint density at radius 1 is 1.22 bits per heavy atom. The summed E-state index contributed by atoms with van der Waals surface area (Å²) in [6.45, 7) is 0. The summed E-state index contributed by atoms with van der Waals surface area (Å²) in [5.41, 5.74) is 2.70. The number of benzene rings is 1. The number of nitriles is 1. The fourth-order valence-corrected chi connectivity index (χ4v) is 2.91. The van der Waals surface area contributed by atoms with Crippen LogP contribution >= 0.6 is 0 Å². The van der Waals surface area contributed by atoms with E-state index in [1.165, 1.54) is 43.2 Å². The minimum absolute atomic E-state index is 0.162. The van der Waals surface area contributed by atoms with Crippen molar-refractivity contribution in [3.05, 3.63) is 35.4 Å². The molecule has 1 aromatic carbocycles. The maximum absolute atomic E-state index is 8.80. The summed E-state index contributed by atoms with van der Waals surface area (Å²) >= 11 is 0. The van der Waals surface area contributed by atoms with Gasteiger partial charge in [0.05, 0.1) is 12.5 Å². The van der Waals surface area contributed by atoms with Crippen molar-refractivity contribution < 1.29 is 0 Å². The molecule has 1 N–H and O–H groups in total. The molecule has 2 heteroatoms. The summed E-state index contributed by atoms with van der Waals surface area (Å²) in [4.78, 5) is 0. The van der Waals surface area contributed by atoms with Gasteiger partial charge in [0.1, 0.15) is 0 Å². The maximum atomic E-state index is 8.80. The van der Waals surface area contributed by atoms with Crippen molar-refractivity contribution >= 4 is 0 Å². The van der Waals surface area contributed by atoms with E-state index in [1.54, 1.807) is 0 Å². The highest BCUT2D eigenvalue weighted by Crippen LogP contribution is 2.33. The van der Waals surface area contributed by atoms with Crippen LogP contribution in [0.3, 0.4) is 0 Å². The quantitative estimate of drug-likeness (QED) is 0.869. The molecule has 18 heavy (non-hydrogen) atoms. The highest BCUT2D eigenvalue weighted by molar-refractivity contribution is 5.28. The third-order valence-electron chi connectivity index (χ3n) is 4.06. The van der Waals surface area contributed by atoms with E-state index >= 15 is 0 Å². The van der Waals surface area contributed by atoms with Crippen LogP contribution in [0.25, 0.3) is 0 Å². The molecule has 1 aromatic rings. The van der Waals surface area contributed by atoms with Gasteiger partial charge in [0.2, 0.25) is 0 Å². The molecule has 1 fully saturated rings. The summed E-state index contributed by atoms with van der Waals surface area (Å²) in [6.07, 6.45) is 7.36. The first kappa shape index (κ1) is 13.1. The second-order valence-electron chi connectivity index (χ2n) is 5.21. The van der Waals surface area contributed by atoms with Crippen LogP contribution in [-0.2, 0) is 0 Å². The summed E-state index contributed by atoms with van der Waals surface area (Å²) in [5, 5.41) is 12.0. The molecule has 0 spiro atoms. The van der Waals surface area contributed by atoms with Crippen molar-refractivity contribution in [3.8, 4) is 6.07 Å². The van der Waals surface area contributed by atoms with E-state index in [0.29, 0.717) is 6.42 Å². The van der Waals surface area contributed by atoms with Crippen molar-refractivity contribution in [2.75, 3.05) is 7.05 Å². The monoisotopic (exact) mass is 242 g/mol. The van der Waals surface area contributed by atoms with Gasteiger partial charge in [0.15, 0.2) is 0 Å². The van der Waals surface area contributed by atoms with Crippen molar-refractivity contribution in [2.24, 2.45) is 0 Å². The van der Waals surface area contributed by atoms with E-state index in [4.69, 9.17) is 5.26 Å². The van der Waals surface area contributed by atoms with Gasteiger partial charge < -0.3 is 5.32 Å². The number of hydrogen-bond acceptors (Lipinski definition) is 2. The molecular formula is C16H22N2. The molecule has 96 valence electrons. The Labute approximate surface area is 110 Å². The SMILES string of the molecule is CNC(CC#N)c1ccc(C2CCCCC2)cc1. The van der Waals surface area contributed by atoms with Gasteiger partial charge in [-0.05, 0) is 36.9 Å². The van der Waals surface area contributed by atoms with Gasteiger partial charge in [0.25, 0.3) is 0 Å². The summed E-state index contributed by atoms with van der Waals surface area (Å²) in [7, 11) is 1.91. The van der Waals surface area contributed by atoms with Crippen LogP contribution in [0, 0.1) is 11.3 Å². The molecular weight excluding hydrogens is 220 g/mol. The second kappa shape index (κ2) is 6.56. The number of nitrogens with one attached hydrogen (secondary N) is 1. The topological polar surface area (TPSA) is 35.8 Å². The highest BCUT2D eigenvalue weighted by Gasteiger charge is 2.16. The van der Waals surface area contributed by atoms with Gasteiger partial charge in [-0.25, -0.2) is 0 Å². The van der Waals surface area contributed by atoms with Crippen LogP contribution in [0.2, 0.25) is 0 Å². The van der Waals surface area contributed by atoms with Crippen LogP contribution in [0.5, 0.6) is 0 Å². The Hall–Kier alpha value is -1.33. The fourth-order valence-electron chi connectivity index (χ4n) is 2.91. The third kappa shape index (κ3) is 3.11. The molecule has 0 saturated heterocycles. The molecule has 0 amide bonds. The predicted octanol–water partition coefficient (Wildman–Crippen LogP) is 3.91. The van der Waals surface area contributed by atoms with E-state index in [1.807, 2.05) is 7.05 Å². The van der Waals surface area contributed by atoms with Crippen molar-refractivity contribution in [1.82, 2.24) is 5.32 Å². The lowest BCUT2D eigenvalue weighted by molar-refractivity contribution is 0.443. The van der Waals surface area contributed by atoms with Gasteiger partial charge in [-0.1, -0.05) is 43.5 Å². The first-order chi connectivity index (χ1) is 8.85. The number of nitrogens with zero attached hydrogens (tertiary/aromatic N) is 1. The van der Waals surface area contributed by atoms with Crippen LogP contribution in [0.4, 0.5) is 0 Å². The molecule has 1 aliphatic rings. The normalized spacial score (nSPS) is 18.2. The average Bonchev–Trinajstić information content (AvgIpc) is 2.46. The zero-order valence-corrected chi connectivity index (χ0v) is 11.2. The van der Waals surface area contributed by atoms with E-state index < -0.39 is 0 Å². The van der Waals surface area contributed by atoms with Crippen molar-refractivity contribution in [2.45, 2.75) is 50.5 Å². The third-order valence-corrected chi connectivity index (χ3v) is 4.06. The standard InChI is InChI=1S/C16H22N2/c1-18-16(11-12-17)15-9-7-14(8-10-15)13-5-3-2-4-6-13/h7-10,13,16,18H,2-6,11H2,1H3. The predicted molar refractivity (Wildman–Crippen MR) is 74.3 cm³/mol. The van der Waals surface area contributed by atoms with Gasteiger partial charge >= 0.3 is 0 Å². The first-order valence-electron chi connectivity index (χ1n) is 6.99. The molecule has 0 aromatic heterocycles. The maximum Gasteiger partial charge on any atom is 0.0641 e. The molecule has 2 rings (SSSR count). The Morgan fingerprint density at radius 3 is 2.44 bits per heavy atom. The first-order valence-corrected chi connectivity index (χ1v) is 6.99. The summed E-state index contributed by atoms with van der Waals surface area (Å²) in [5.74, 6) is 0.761. The molecule has 2 nitrogen and oxygen atoms in total. The molecule has 1 atom stereocenters. The zero-order valence-electron chi connectivity index (χ0n) is 11.2. The minimum atomic E-state index is 0.162. The zero-order chi connectivity index (χ0) is 12.8. The largest absolute Gasteiger partial charge is 0.312 e. The fraction of sp³-hybridized carbons (Fsp3) is 0.562. The van der Waals surface area contributed by atoms with E-state index in [2.05, 4.69) is 35.7 Å². The summed E-state index contributed by atoms with van der Waals surface area (Å²) < 4.78 is 0. The average molecular weight is 242 g/mol. The van der Waals surface area contributed by atoms with Gasteiger partial charge in [-0.3, -0.25) is 0 Å². The molecule has 0 bridgehead atoms. The van der Waals surface area contributed by atoms with Crippen LogP contribution in [-0.4, -0.2) is 7.05 Å². The van der Waals surface area contributed by atoms with E-state index in [9.17, 15) is 0 Å². The second-order valence-corrected chi connectivity index (χ2v) is 5.21. The lowest BCUT2D eigenvalue weighted by Crippen LogP contribution is -2.15. The smallest absolute Gasteiger partial charge is 0.0641 e. The highest BCUT2D eigenvalue weighted by atomic mass is 14.9. The Bertz CT molecular complexity index is 396. The Morgan fingerprint density at radius 2 is 1.89 bits per heavy atom. The summed E-state index contributed by atoms with van der Waals surface area (Å²) in [6, 6.07) is 11.3. The van der Waals surface area contributed by atoms with Crippen molar-refractivity contribution in [3.63, 3.8) is 0 Å². The number of rotatable bonds is 4. The lowest BCUT2D eigenvalue weighted by Gasteiger charge is -2.22. The van der Waals surface area contributed by atoms with Crippen LogP contribution in [0.1, 0.15) is 61.6 Å². The van der Waals surface area contributed by atoms with Crippen LogP contribution < -0.4 is 5.32 Å². The minimum Gasteiger partial charge on any atom is -0.312 e. The van der Waals surface area contributed by atoms with Gasteiger partial charge in [0, 0.05) is 6.04 Å². The Balaban J connectivity index is 2.06. The van der Waals surface area contributed by atoms with Crippen molar-refractivity contribution in [1.29, 1.82) is 5.26 Å². The van der Waals surface area contributed by atoms with E-state index in [-0.39, 0.29) is 6.04 Å². The van der Waals surface area contributed by atoms with Gasteiger partial charge in [-0.2, -0.15) is 5.26 Å². The molecule has 0 radical (unpaired) electrons. The molecule has 0 aliphatic heterocycles. The molecule has 1 aliphatic carbocycles. The lowest BCUT2D eigenvalue weighted by atomic mass is 9.83. The number of hydrogen-bond donors (Lipinski definition) is 1.